The maximum absolute atomic E-state index is 13.2. The maximum Gasteiger partial charge on any atom is 0.431 e. The van der Waals surface area contributed by atoms with Crippen molar-refractivity contribution in [2.24, 2.45) is 17.7 Å². The van der Waals surface area contributed by atoms with E-state index < -0.39 is 256 Å². The van der Waals surface area contributed by atoms with Gasteiger partial charge in [0.2, 0.25) is 11.8 Å². The molecular weight excluding hydrogens is 1950 g/mol. The highest BCUT2D eigenvalue weighted by molar-refractivity contribution is 7.53. The second-order valence-corrected chi connectivity index (χ2v) is 35.3. The van der Waals surface area contributed by atoms with Gasteiger partial charge < -0.3 is 161 Å². The number of benzene rings is 2. The first kappa shape index (κ1) is 120. The Morgan fingerprint density at radius 1 is 0.521 bits per heavy atom. The normalized spacial score (nSPS) is 25.2. The Hall–Kier alpha value is -8.87. The van der Waals surface area contributed by atoms with Crippen LogP contribution in [-0.4, -0.2) is 403 Å². The number of Topliss-reactive ketones (excluding diaryl/α,β-unsaturated/α-hetero) is 4. The Morgan fingerprint density at radius 2 is 0.887 bits per heavy atom. The van der Waals surface area contributed by atoms with Gasteiger partial charge in [-0.25, -0.2) is 29.9 Å². The van der Waals surface area contributed by atoms with Crippen LogP contribution in [0.15, 0.2) is 82.6 Å². The van der Waals surface area contributed by atoms with Gasteiger partial charge in [-0.1, -0.05) is 48.5 Å². The third-order valence-electron chi connectivity index (χ3n) is 22.0. The second kappa shape index (κ2) is 59.7. The van der Waals surface area contributed by atoms with Crippen LogP contribution in [0.5, 0.6) is 0 Å². The molecule has 59 heteroatoms. The number of aliphatic hydroxyl groups is 12. The SMILES string of the molecule is CNC.NOCC(=O)CCCOCCOCCOCCC(=O)NCC(=O)C[C@H]1C([C@H](O)[C@H](O)CO)O[C@](O[P+]([O-])(O)OC[C@H]2O[C@@H](n3ccc(N)nc3=O)C(O)[C@H]2O)(C(=O)O)C[C@H]1O.Nc1ccn([C@@H]2O[C@H](CO[P+]([O-])(O)O[C@@]3(C(=O)O)C[C@@H](O)[C@@H](CC(=O)CNC(=O)CCOCCOCCOCCCC(=O)CONC(=O)OCC4c5ccccc5-c5ccccc54)C([C@H](O)[C@H](O)CO)O3)[C@H](O)C2O)c(=O)n1. The monoisotopic (exact) mass is 2070 g/mol. The number of hydrogen-bond acceptors (Lipinski definition) is 50. The van der Waals surface area contributed by atoms with Gasteiger partial charge in [-0.05, 0) is 61.3 Å². The number of carbonyl (C=O) groups excluding carboxylic acids is 7. The lowest BCUT2D eigenvalue weighted by atomic mass is 9.80. The third kappa shape index (κ3) is 37.0. The molecule has 0 spiro atoms. The van der Waals surface area contributed by atoms with Crippen molar-refractivity contribution < 1.29 is 214 Å². The number of aliphatic carboxylic acids is 2. The molecule has 4 aliphatic heterocycles. The maximum atomic E-state index is 13.2. The first-order chi connectivity index (χ1) is 67.5. The molecule has 0 bridgehead atoms. The number of nitrogens with one attached hydrogen (secondary N) is 4. The average Bonchev–Trinajstić information content (AvgIpc) is 1.35. The summed E-state index contributed by atoms with van der Waals surface area (Å²) < 4.78 is 80.4. The second-order valence-electron chi connectivity index (χ2n) is 32.5. The van der Waals surface area contributed by atoms with Crippen molar-refractivity contribution in [1.82, 2.24) is 40.5 Å². The Morgan fingerprint density at radius 3 is 1.25 bits per heavy atom. The molecule has 26 N–H and O–H groups in total. The number of phosphoric ester groups is 2. The number of phosphoric acid groups is 2. The van der Waals surface area contributed by atoms with Crippen LogP contribution >= 0.6 is 16.3 Å². The Bertz CT molecular complexity index is 4720. The average molecular weight is 2070 g/mol. The van der Waals surface area contributed by atoms with Crippen molar-refractivity contribution in [3.8, 4) is 11.1 Å². The fraction of sp³-hybridized carbons (Fsp3) is 0.651. The summed E-state index contributed by atoms with van der Waals surface area (Å²) in [5.74, 6) is -12.8. The standard InChI is InChI=1S/C48H64N5O24P.C33H54N5O22P.C2H7N/c49-38-11-13-53(46(65)51-38)44-42(62)41(61)37(75-44)26-74-78(67,68)77-48(45(63)64)21-35(57)33(43(76-48)40(60)36(58)23-54)20-28(56)22-50-39(59)12-15-70-17-19-71-18-16-69-14-5-6-27(55)24-73-52-47(66)72-25-34-31-9-3-1-7-29(31)30-8-2-4-10-32(30)34;34-24-3-5-38(32(50)37-24)30-28(47)27(46)23(58-30)17-57-61(51,52)60-33(31(48)49)13-21(42)20(29(59-33)26(45)22(43)15-39)12-19(41)14-36-25(44)4-7-54-9-11-55-10-8-53-6-1-2-18(40)16-56-35;1-3-2/h1-4,7-11,13,33-37,40-44,54,57-58,60-62H,5-6,12,14-26H2,(H,50,59)(H,52,66)(H,63,64)(H,67,68)(H2,49,51,65);3,5,20-23,26-30,39,42-43,45-47H,1-2,4,6-17,35H2,(H,36,44)(H,48,49)(H,51,52)(H2,34,37,50);3H,1-2H3/t33-,35-,36-,37-,40-,41+,42?,43?,44-,48-;20-,21-,22-,23-,26-,27+,28?,29?,30-,33-;/m11./s1. The molecule has 142 heavy (non-hydrogen) atoms. The van der Waals surface area contributed by atoms with Crippen molar-refractivity contribution in [3.05, 3.63) is 105 Å². The van der Waals surface area contributed by atoms with E-state index in [9.17, 15) is 144 Å². The van der Waals surface area contributed by atoms with Crippen LogP contribution in [0.4, 0.5) is 16.4 Å². The number of carbonyl (C=O) groups is 9. The van der Waals surface area contributed by atoms with E-state index in [4.69, 9.17) is 92.4 Å². The molecule has 6 heterocycles. The molecule has 4 saturated heterocycles. The number of anilines is 2. The third-order valence-corrected chi connectivity index (χ3v) is 24.0. The molecular formula is C83H125N11O46P2. The van der Waals surface area contributed by atoms with E-state index in [0.29, 0.717) is 19.4 Å². The van der Waals surface area contributed by atoms with Gasteiger partial charge in [-0.2, -0.15) is 34.3 Å². The predicted octanol–water partition coefficient (Wildman–Crippen LogP) is -9.54. The van der Waals surface area contributed by atoms with E-state index in [1.54, 1.807) is 0 Å². The van der Waals surface area contributed by atoms with Gasteiger partial charge in [-0.3, -0.25) is 47.6 Å². The summed E-state index contributed by atoms with van der Waals surface area (Å²) >= 11 is 0. The molecule has 3 amide bonds. The smallest absolute Gasteiger partial charge is 0.431 e. The summed E-state index contributed by atoms with van der Waals surface area (Å²) in [5.41, 5.74) is 15.4. The molecule has 4 aromatic rings. The number of nitrogens with two attached hydrogens (primary N) is 3. The number of carboxylic acid groups (broad SMARTS) is 2. The van der Waals surface area contributed by atoms with E-state index in [-0.39, 0.29) is 147 Å². The van der Waals surface area contributed by atoms with Crippen LogP contribution in [0.25, 0.3) is 11.1 Å². The van der Waals surface area contributed by atoms with Crippen molar-refractivity contribution >= 4 is 81.0 Å². The molecule has 5 aliphatic rings. The van der Waals surface area contributed by atoms with Crippen molar-refractivity contribution in [3.63, 3.8) is 0 Å². The number of rotatable bonds is 61. The van der Waals surface area contributed by atoms with Crippen molar-refractivity contribution in [2.75, 3.05) is 164 Å². The Labute approximate surface area is 810 Å². The van der Waals surface area contributed by atoms with Crippen LogP contribution < -0.4 is 60.0 Å². The van der Waals surface area contributed by atoms with E-state index in [1.165, 1.54) is 12.1 Å². The highest BCUT2D eigenvalue weighted by atomic mass is 31.2. The van der Waals surface area contributed by atoms with E-state index in [1.807, 2.05) is 62.6 Å². The fourth-order valence-electron chi connectivity index (χ4n) is 14.9. The van der Waals surface area contributed by atoms with Crippen LogP contribution in [0.3, 0.4) is 0 Å². The number of amides is 3. The minimum atomic E-state index is -5.65. The highest BCUT2D eigenvalue weighted by Crippen LogP contribution is 2.57. The number of ketones is 4. The number of aromatic nitrogens is 4. The summed E-state index contributed by atoms with van der Waals surface area (Å²) in [6.45, 7) is -4.00. The quantitative estimate of drug-likeness (QED) is 0.0111. The first-order valence-electron chi connectivity index (χ1n) is 44.4. The van der Waals surface area contributed by atoms with Gasteiger partial charge >= 0.3 is 57.3 Å². The summed E-state index contributed by atoms with van der Waals surface area (Å²) in [5, 5.41) is 153. The summed E-state index contributed by atoms with van der Waals surface area (Å²) in [7, 11) is -7.53. The van der Waals surface area contributed by atoms with E-state index in [2.05, 4.69) is 36.2 Å². The van der Waals surface area contributed by atoms with Crippen molar-refractivity contribution in [2.45, 2.75) is 180 Å². The molecule has 4 fully saturated rings. The zero-order valence-corrected chi connectivity index (χ0v) is 78.9. The van der Waals surface area contributed by atoms with Crippen molar-refractivity contribution in [1.29, 1.82) is 0 Å². The lowest BCUT2D eigenvalue weighted by Gasteiger charge is -2.46. The number of fused-ring (bicyclic) bond motifs is 3. The van der Waals surface area contributed by atoms with Gasteiger partial charge in [0.1, 0.15) is 106 Å². The van der Waals surface area contributed by atoms with Gasteiger partial charge in [0.25, 0.3) is 0 Å². The number of carboxylic acids is 2. The number of nitrogen functional groups attached to an aromatic ring is 2. The van der Waals surface area contributed by atoms with E-state index >= 15 is 0 Å². The molecule has 1 aliphatic carbocycles. The number of hydrogen-bond donors (Lipinski definition) is 23. The van der Waals surface area contributed by atoms with Gasteiger partial charge in [0.05, 0.1) is 117 Å². The van der Waals surface area contributed by atoms with Crippen LogP contribution in [0.1, 0.15) is 93.7 Å². The molecule has 9 rings (SSSR count). The number of nitrogens with zero attached hydrogens (tertiary/aromatic N) is 4. The lowest BCUT2D eigenvalue weighted by Crippen LogP contribution is -2.62. The lowest BCUT2D eigenvalue weighted by molar-refractivity contribution is -0.328. The molecule has 798 valence electrons. The van der Waals surface area contributed by atoms with E-state index in [0.717, 1.165) is 43.8 Å². The van der Waals surface area contributed by atoms with Crippen LogP contribution in [0, 0.1) is 11.8 Å². The molecule has 22 atom stereocenters. The number of hydroxylamine groups is 1. The molecule has 2 aromatic heterocycles. The van der Waals surface area contributed by atoms with Crippen LogP contribution in [0.2, 0.25) is 0 Å². The summed E-state index contributed by atoms with van der Waals surface area (Å²) in [6, 6.07) is 18.2. The van der Waals surface area contributed by atoms with Gasteiger partial charge in [0.15, 0.2) is 35.6 Å². The summed E-state index contributed by atoms with van der Waals surface area (Å²) in [6.07, 6.45) is -31.9. The topological polar surface area (TPSA) is 876 Å². The zero-order chi connectivity index (χ0) is 105. The molecule has 6 unspecified atom stereocenters. The number of ether oxygens (including phenoxy) is 11. The minimum absolute atomic E-state index is 0.0436. The van der Waals surface area contributed by atoms with Gasteiger partial charge in [-0.15, -0.1) is 9.05 Å². The molecule has 0 radical (unpaired) electrons. The molecule has 2 aromatic carbocycles. The minimum Gasteiger partial charge on any atom is -0.606 e. The number of aliphatic hydroxyl groups excluding tert-OH is 12. The summed E-state index contributed by atoms with van der Waals surface area (Å²) in [4.78, 5) is 200. The Balaban J connectivity index is 0.000000386. The first-order valence-corrected chi connectivity index (χ1v) is 47.4. The predicted molar refractivity (Wildman–Crippen MR) is 474 cm³/mol. The zero-order valence-electron chi connectivity index (χ0n) is 77.1. The van der Waals surface area contributed by atoms with Gasteiger partial charge in [0, 0.05) is 94.7 Å². The molecule has 57 nitrogen and oxygen atoms in total. The highest BCUT2D eigenvalue weighted by Gasteiger charge is 2.63. The van der Waals surface area contributed by atoms with Crippen LogP contribution in [-0.2, 0) is 118 Å². The largest absolute Gasteiger partial charge is 0.606 e. The molecule has 0 saturated carbocycles. The fourth-order valence-corrected chi connectivity index (χ4v) is 16.8. The Kier molecular flexibility index (Phi) is 50.5.